The molecule has 0 aliphatic rings. The van der Waals surface area contributed by atoms with E-state index >= 15 is 0 Å². The van der Waals surface area contributed by atoms with E-state index in [2.05, 4.69) is 32.1 Å². The first-order valence-electron chi connectivity index (χ1n) is 8.88. The van der Waals surface area contributed by atoms with Crippen LogP contribution < -0.4 is 5.32 Å². The number of amides is 1. The van der Waals surface area contributed by atoms with E-state index in [-0.39, 0.29) is 5.91 Å². The molecule has 0 aliphatic heterocycles. The van der Waals surface area contributed by atoms with Gasteiger partial charge in [0.2, 0.25) is 0 Å². The molecule has 28 heavy (non-hydrogen) atoms. The van der Waals surface area contributed by atoms with Crippen molar-refractivity contribution >= 4 is 23.1 Å². The molecule has 0 atom stereocenters. The Morgan fingerprint density at radius 2 is 1.82 bits per heavy atom. The molecule has 4 rings (SSSR count). The van der Waals surface area contributed by atoms with Crippen LogP contribution in [0.3, 0.4) is 0 Å². The standard InChI is InChI=1S/C21H19N5OS/c1-14-20(15(2)26(24-14)12-16-6-4-3-5-7-16)21(27)22-18-10-8-17(9-11-18)19-13-28-25-23-19/h3-11,13H,12H2,1-2H3,(H,22,27). The molecular weight excluding hydrogens is 370 g/mol. The fourth-order valence-corrected chi connectivity index (χ4v) is 3.61. The molecule has 0 aliphatic carbocycles. The highest BCUT2D eigenvalue weighted by Crippen LogP contribution is 2.21. The smallest absolute Gasteiger partial charge is 0.259 e. The van der Waals surface area contributed by atoms with Crippen LogP contribution >= 0.6 is 11.5 Å². The summed E-state index contributed by atoms with van der Waals surface area (Å²) in [4.78, 5) is 12.8. The monoisotopic (exact) mass is 389 g/mol. The Hall–Kier alpha value is -3.32. The number of aromatic nitrogens is 4. The lowest BCUT2D eigenvalue weighted by atomic mass is 10.1. The first kappa shape index (κ1) is 18.1. The summed E-state index contributed by atoms with van der Waals surface area (Å²) in [7, 11) is 0. The van der Waals surface area contributed by atoms with Crippen molar-refractivity contribution in [1.82, 2.24) is 19.4 Å². The topological polar surface area (TPSA) is 72.7 Å². The third kappa shape index (κ3) is 3.70. The van der Waals surface area contributed by atoms with Crippen LogP contribution in [0.15, 0.2) is 60.0 Å². The fraction of sp³-hybridized carbons (Fsp3) is 0.143. The quantitative estimate of drug-likeness (QED) is 0.552. The number of rotatable bonds is 5. The zero-order valence-electron chi connectivity index (χ0n) is 15.6. The average molecular weight is 389 g/mol. The van der Waals surface area contributed by atoms with Gasteiger partial charge >= 0.3 is 0 Å². The predicted molar refractivity (Wildman–Crippen MR) is 111 cm³/mol. The minimum absolute atomic E-state index is 0.155. The molecule has 7 heteroatoms. The molecule has 4 aromatic rings. The van der Waals surface area contributed by atoms with Crippen LogP contribution in [0.1, 0.15) is 27.3 Å². The van der Waals surface area contributed by atoms with Crippen molar-refractivity contribution in [2.75, 3.05) is 5.32 Å². The summed E-state index contributed by atoms with van der Waals surface area (Å²) in [6.07, 6.45) is 0. The summed E-state index contributed by atoms with van der Waals surface area (Å²) in [5.74, 6) is -0.155. The number of hydrogen-bond acceptors (Lipinski definition) is 5. The number of benzene rings is 2. The zero-order valence-corrected chi connectivity index (χ0v) is 16.4. The van der Waals surface area contributed by atoms with Crippen molar-refractivity contribution in [2.45, 2.75) is 20.4 Å². The van der Waals surface area contributed by atoms with E-state index in [1.165, 1.54) is 11.5 Å². The zero-order chi connectivity index (χ0) is 19.5. The van der Waals surface area contributed by atoms with Gasteiger partial charge in [-0.05, 0) is 43.1 Å². The Morgan fingerprint density at radius 1 is 1.07 bits per heavy atom. The Bertz CT molecular complexity index is 1090. The molecule has 0 radical (unpaired) electrons. The van der Waals surface area contributed by atoms with Crippen molar-refractivity contribution in [1.29, 1.82) is 0 Å². The van der Waals surface area contributed by atoms with Crippen LogP contribution in [0.25, 0.3) is 11.3 Å². The van der Waals surface area contributed by atoms with Crippen LogP contribution in [-0.4, -0.2) is 25.3 Å². The van der Waals surface area contributed by atoms with E-state index in [1.807, 2.05) is 66.4 Å². The molecule has 0 saturated carbocycles. The van der Waals surface area contributed by atoms with Gasteiger partial charge in [-0.25, -0.2) is 0 Å². The van der Waals surface area contributed by atoms with Crippen molar-refractivity contribution < 1.29 is 4.79 Å². The summed E-state index contributed by atoms with van der Waals surface area (Å²) < 4.78 is 5.75. The molecule has 1 N–H and O–H groups in total. The lowest BCUT2D eigenvalue weighted by Gasteiger charge is -2.07. The first-order valence-corrected chi connectivity index (χ1v) is 9.72. The Morgan fingerprint density at radius 3 is 2.50 bits per heavy atom. The molecule has 0 saturated heterocycles. The number of carbonyl (C=O) groups excluding carboxylic acids is 1. The molecule has 0 spiro atoms. The van der Waals surface area contributed by atoms with Crippen molar-refractivity contribution in [3.8, 4) is 11.3 Å². The van der Waals surface area contributed by atoms with E-state index in [0.717, 1.165) is 33.9 Å². The molecule has 2 aromatic carbocycles. The normalized spacial score (nSPS) is 10.8. The maximum atomic E-state index is 12.8. The fourth-order valence-electron chi connectivity index (χ4n) is 3.14. The van der Waals surface area contributed by atoms with E-state index in [1.54, 1.807) is 0 Å². The van der Waals surface area contributed by atoms with E-state index in [0.29, 0.717) is 12.1 Å². The highest BCUT2D eigenvalue weighted by Gasteiger charge is 2.19. The van der Waals surface area contributed by atoms with E-state index in [9.17, 15) is 4.79 Å². The molecule has 2 aromatic heterocycles. The Labute approximate surface area is 167 Å². The minimum atomic E-state index is -0.155. The van der Waals surface area contributed by atoms with Crippen molar-refractivity contribution in [2.24, 2.45) is 0 Å². The molecule has 0 fully saturated rings. The number of nitrogens with zero attached hydrogens (tertiary/aromatic N) is 4. The van der Waals surface area contributed by atoms with Crippen LogP contribution in [0.5, 0.6) is 0 Å². The average Bonchev–Trinajstić information content (AvgIpc) is 3.32. The summed E-state index contributed by atoms with van der Waals surface area (Å²) in [5.41, 5.74) is 5.86. The van der Waals surface area contributed by atoms with Crippen molar-refractivity contribution in [3.05, 3.63) is 82.5 Å². The summed E-state index contributed by atoms with van der Waals surface area (Å²) in [6.45, 7) is 4.43. The Kier molecular flexibility index (Phi) is 4.99. The molecule has 0 unspecified atom stereocenters. The van der Waals surface area contributed by atoms with Gasteiger partial charge in [-0.3, -0.25) is 9.48 Å². The summed E-state index contributed by atoms with van der Waals surface area (Å²) in [5, 5.41) is 13.5. The third-order valence-electron chi connectivity index (χ3n) is 4.58. The number of anilines is 1. The van der Waals surface area contributed by atoms with Gasteiger partial charge in [-0.2, -0.15) is 5.10 Å². The molecule has 1 amide bonds. The Balaban J connectivity index is 1.52. The molecule has 6 nitrogen and oxygen atoms in total. The third-order valence-corrected chi connectivity index (χ3v) is 5.09. The van der Waals surface area contributed by atoms with E-state index in [4.69, 9.17) is 0 Å². The number of nitrogens with one attached hydrogen (secondary N) is 1. The van der Waals surface area contributed by atoms with Crippen molar-refractivity contribution in [3.63, 3.8) is 0 Å². The maximum absolute atomic E-state index is 12.8. The van der Waals surface area contributed by atoms with Gasteiger partial charge < -0.3 is 5.32 Å². The number of aryl methyl sites for hydroxylation is 1. The first-order chi connectivity index (χ1) is 13.6. The van der Waals surface area contributed by atoms with Gasteiger partial charge in [0.1, 0.15) is 5.69 Å². The van der Waals surface area contributed by atoms with Gasteiger partial charge in [0, 0.05) is 22.3 Å². The molecule has 0 bridgehead atoms. The lowest BCUT2D eigenvalue weighted by molar-refractivity contribution is 0.102. The van der Waals surface area contributed by atoms with Crippen LogP contribution in [0.4, 0.5) is 5.69 Å². The second-order valence-corrected chi connectivity index (χ2v) is 7.12. The van der Waals surface area contributed by atoms with Gasteiger partial charge in [0.25, 0.3) is 5.91 Å². The summed E-state index contributed by atoms with van der Waals surface area (Å²) in [6, 6.07) is 17.7. The van der Waals surface area contributed by atoms with Gasteiger partial charge in [-0.15, -0.1) is 5.10 Å². The second kappa shape index (κ2) is 7.74. The number of carbonyl (C=O) groups is 1. The number of hydrogen-bond donors (Lipinski definition) is 1. The molecule has 140 valence electrons. The lowest BCUT2D eigenvalue weighted by Crippen LogP contribution is -2.14. The SMILES string of the molecule is Cc1nn(Cc2ccccc2)c(C)c1C(=O)Nc1ccc(-c2csnn2)cc1. The predicted octanol–water partition coefficient (Wildman–Crippen LogP) is 4.32. The minimum Gasteiger partial charge on any atom is -0.322 e. The highest BCUT2D eigenvalue weighted by atomic mass is 32.1. The van der Waals surface area contributed by atoms with Gasteiger partial charge in [0.05, 0.1) is 17.8 Å². The highest BCUT2D eigenvalue weighted by molar-refractivity contribution is 7.03. The van der Waals surface area contributed by atoms with E-state index < -0.39 is 0 Å². The summed E-state index contributed by atoms with van der Waals surface area (Å²) >= 11 is 1.31. The second-order valence-electron chi connectivity index (χ2n) is 6.51. The maximum Gasteiger partial charge on any atom is 0.259 e. The van der Waals surface area contributed by atoms with Gasteiger partial charge in [-0.1, -0.05) is 47.0 Å². The largest absolute Gasteiger partial charge is 0.322 e. The van der Waals surface area contributed by atoms with Crippen LogP contribution in [0.2, 0.25) is 0 Å². The molecular formula is C21H19N5OS. The van der Waals surface area contributed by atoms with Crippen LogP contribution in [0, 0.1) is 13.8 Å². The van der Waals surface area contributed by atoms with Gasteiger partial charge in [0.15, 0.2) is 0 Å². The molecule has 2 heterocycles. The van der Waals surface area contributed by atoms with Crippen LogP contribution in [-0.2, 0) is 6.54 Å².